The third-order valence-electron chi connectivity index (χ3n) is 4.12. The first kappa shape index (κ1) is 17.0. The predicted octanol–water partition coefficient (Wildman–Crippen LogP) is 2.52. The molecule has 2 aromatic rings. The highest BCUT2D eigenvalue weighted by Crippen LogP contribution is 2.34. The molecule has 3 rings (SSSR count). The van der Waals surface area contributed by atoms with Crippen LogP contribution in [0, 0.1) is 11.3 Å². The Morgan fingerprint density at radius 3 is 2.52 bits per heavy atom. The number of sulfonamides is 1. The molecule has 6 nitrogen and oxygen atoms in total. The quantitative estimate of drug-likeness (QED) is 0.916. The second-order valence-corrected chi connectivity index (χ2v) is 7.96. The van der Waals surface area contributed by atoms with Gasteiger partial charge in [0.05, 0.1) is 23.6 Å². The van der Waals surface area contributed by atoms with Crippen molar-refractivity contribution in [1.29, 1.82) is 5.26 Å². The summed E-state index contributed by atoms with van der Waals surface area (Å²) in [5, 5.41) is 11.6. The molecule has 128 valence electrons. The minimum absolute atomic E-state index is 0.165. The van der Waals surface area contributed by atoms with Gasteiger partial charge in [-0.1, -0.05) is 0 Å². The van der Waals surface area contributed by atoms with Gasteiger partial charge < -0.3 is 5.32 Å². The predicted molar refractivity (Wildman–Crippen MR) is 96.0 cm³/mol. The van der Waals surface area contributed by atoms with Gasteiger partial charge in [-0.05, 0) is 61.4 Å². The van der Waals surface area contributed by atoms with Gasteiger partial charge in [0, 0.05) is 17.3 Å². The SMILES string of the molecule is CC1Cc2cc(C(=O)Nc3ccc(C#N)cc3)ccc2N1S(C)(=O)=O. The lowest BCUT2D eigenvalue weighted by Gasteiger charge is -2.21. The van der Waals surface area contributed by atoms with Crippen molar-refractivity contribution in [2.75, 3.05) is 15.9 Å². The molecule has 1 N–H and O–H groups in total. The summed E-state index contributed by atoms with van der Waals surface area (Å²) in [5.74, 6) is -0.280. The smallest absolute Gasteiger partial charge is 0.255 e. The van der Waals surface area contributed by atoms with E-state index in [0.717, 1.165) is 5.56 Å². The molecule has 0 radical (unpaired) electrons. The van der Waals surface area contributed by atoms with E-state index in [-0.39, 0.29) is 11.9 Å². The van der Waals surface area contributed by atoms with E-state index in [4.69, 9.17) is 5.26 Å². The summed E-state index contributed by atoms with van der Waals surface area (Å²) >= 11 is 0. The molecule has 1 heterocycles. The van der Waals surface area contributed by atoms with Crippen molar-refractivity contribution in [3.63, 3.8) is 0 Å². The monoisotopic (exact) mass is 355 g/mol. The first-order chi connectivity index (χ1) is 11.8. The van der Waals surface area contributed by atoms with Crippen molar-refractivity contribution in [2.24, 2.45) is 0 Å². The minimum atomic E-state index is -3.35. The van der Waals surface area contributed by atoms with E-state index >= 15 is 0 Å². The van der Waals surface area contributed by atoms with Crippen LogP contribution in [-0.4, -0.2) is 26.6 Å². The zero-order valence-corrected chi connectivity index (χ0v) is 14.7. The normalized spacial score (nSPS) is 16.2. The Labute approximate surface area is 146 Å². The average Bonchev–Trinajstić information content (AvgIpc) is 2.90. The fourth-order valence-corrected chi connectivity index (χ4v) is 4.34. The van der Waals surface area contributed by atoms with Gasteiger partial charge >= 0.3 is 0 Å². The maximum atomic E-state index is 12.4. The molecule has 0 bridgehead atoms. The molecule has 0 aliphatic carbocycles. The van der Waals surface area contributed by atoms with Crippen molar-refractivity contribution in [3.05, 3.63) is 59.2 Å². The molecule has 0 spiro atoms. The second-order valence-electron chi connectivity index (χ2n) is 6.10. The van der Waals surface area contributed by atoms with Crippen LogP contribution in [0.25, 0.3) is 0 Å². The van der Waals surface area contributed by atoms with Gasteiger partial charge in [0.15, 0.2) is 0 Å². The number of carbonyl (C=O) groups excluding carboxylic acids is 1. The topological polar surface area (TPSA) is 90.3 Å². The number of anilines is 2. The average molecular weight is 355 g/mol. The number of hydrogen-bond acceptors (Lipinski definition) is 4. The van der Waals surface area contributed by atoms with Crippen LogP contribution in [-0.2, 0) is 16.4 Å². The third kappa shape index (κ3) is 3.35. The summed E-state index contributed by atoms with van der Waals surface area (Å²) in [6.07, 6.45) is 1.75. The van der Waals surface area contributed by atoms with Gasteiger partial charge in [0.1, 0.15) is 0 Å². The van der Waals surface area contributed by atoms with Crippen LogP contribution in [0.4, 0.5) is 11.4 Å². The Bertz CT molecular complexity index is 976. The Morgan fingerprint density at radius 2 is 1.92 bits per heavy atom. The van der Waals surface area contributed by atoms with E-state index in [1.54, 1.807) is 42.5 Å². The maximum Gasteiger partial charge on any atom is 0.255 e. The molecule has 0 saturated heterocycles. The Balaban J connectivity index is 1.84. The fraction of sp³-hybridized carbons (Fsp3) is 0.222. The fourth-order valence-electron chi connectivity index (χ4n) is 3.08. The van der Waals surface area contributed by atoms with Crippen molar-refractivity contribution in [2.45, 2.75) is 19.4 Å². The second kappa shape index (κ2) is 6.22. The third-order valence-corrected chi connectivity index (χ3v) is 5.40. The van der Waals surface area contributed by atoms with E-state index < -0.39 is 10.0 Å². The van der Waals surface area contributed by atoms with E-state index in [9.17, 15) is 13.2 Å². The maximum absolute atomic E-state index is 12.4. The number of nitrogens with one attached hydrogen (secondary N) is 1. The first-order valence-electron chi connectivity index (χ1n) is 7.73. The number of nitriles is 1. The highest BCUT2D eigenvalue weighted by Gasteiger charge is 2.32. The van der Waals surface area contributed by atoms with E-state index in [1.807, 2.05) is 13.0 Å². The van der Waals surface area contributed by atoms with E-state index in [0.29, 0.717) is 28.9 Å². The molecule has 1 amide bonds. The summed E-state index contributed by atoms with van der Waals surface area (Å²) in [6.45, 7) is 1.84. The van der Waals surface area contributed by atoms with Crippen LogP contribution >= 0.6 is 0 Å². The van der Waals surface area contributed by atoms with Gasteiger partial charge in [0.2, 0.25) is 10.0 Å². The number of hydrogen-bond donors (Lipinski definition) is 1. The number of benzene rings is 2. The molecule has 1 aliphatic heterocycles. The van der Waals surface area contributed by atoms with Gasteiger partial charge in [-0.2, -0.15) is 5.26 Å². The van der Waals surface area contributed by atoms with Crippen molar-refractivity contribution in [3.8, 4) is 6.07 Å². The van der Waals surface area contributed by atoms with Gasteiger partial charge in [-0.3, -0.25) is 9.10 Å². The number of amides is 1. The van der Waals surface area contributed by atoms with E-state index in [2.05, 4.69) is 5.32 Å². The van der Waals surface area contributed by atoms with E-state index in [1.165, 1.54) is 10.6 Å². The summed E-state index contributed by atoms with van der Waals surface area (Å²) < 4.78 is 25.3. The number of carbonyl (C=O) groups is 1. The first-order valence-corrected chi connectivity index (χ1v) is 9.58. The van der Waals surface area contributed by atoms with Gasteiger partial charge in [-0.15, -0.1) is 0 Å². The van der Waals surface area contributed by atoms with Crippen LogP contribution in [0.1, 0.15) is 28.4 Å². The highest BCUT2D eigenvalue weighted by molar-refractivity contribution is 7.92. The zero-order valence-electron chi connectivity index (χ0n) is 13.9. The minimum Gasteiger partial charge on any atom is -0.322 e. The lowest BCUT2D eigenvalue weighted by molar-refractivity contribution is 0.102. The molecule has 1 unspecified atom stereocenters. The van der Waals surface area contributed by atoms with Crippen molar-refractivity contribution < 1.29 is 13.2 Å². The Kier molecular flexibility index (Phi) is 4.23. The molecule has 7 heteroatoms. The summed E-state index contributed by atoms with van der Waals surface area (Å²) in [5.41, 5.74) is 3.04. The molecular formula is C18H17N3O3S. The van der Waals surface area contributed by atoms with Crippen LogP contribution in [0.15, 0.2) is 42.5 Å². The molecule has 1 atom stereocenters. The van der Waals surface area contributed by atoms with Crippen molar-refractivity contribution >= 4 is 27.3 Å². The lowest BCUT2D eigenvalue weighted by Crippen LogP contribution is -2.34. The Morgan fingerprint density at radius 1 is 1.24 bits per heavy atom. The molecule has 0 saturated carbocycles. The van der Waals surface area contributed by atoms with Crippen LogP contribution < -0.4 is 9.62 Å². The van der Waals surface area contributed by atoms with Crippen LogP contribution in [0.5, 0.6) is 0 Å². The molecule has 0 aromatic heterocycles. The number of rotatable bonds is 3. The highest BCUT2D eigenvalue weighted by atomic mass is 32.2. The molecular weight excluding hydrogens is 338 g/mol. The van der Waals surface area contributed by atoms with Crippen LogP contribution in [0.2, 0.25) is 0 Å². The van der Waals surface area contributed by atoms with Gasteiger partial charge in [0.25, 0.3) is 5.91 Å². The van der Waals surface area contributed by atoms with Gasteiger partial charge in [-0.25, -0.2) is 8.42 Å². The molecule has 2 aromatic carbocycles. The lowest BCUT2D eigenvalue weighted by atomic mass is 10.1. The van der Waals surface area contributed by atoms with Crippen molar-refractivity contribution in [1.82, 2.24) is 0 Å². The summed E-state index contributed by atoms with van der Waals surface area (Å²) in [4.78, 5) is 12.4. The number of nitrogens with zero attached hydrogens (tertiary/aromatic N) is 2. The molecule has 25 heavy (non-hydrogen) atoms. The Hall–Kier alpha value is -2.85. The van der Waals surface area contributed by atoms with Crippen LogP contribution in [0.3, 0.4) is 0 Å². The largest absolute Gasteiger partial charge is 0.322 e. The standard InChI is InChI=1S/C18H17N3O3S/c1-12-9-15-10-14(5-8-17(15)21(12)25(2,23)24)18(22)20-16-6-3-13(11-19)4-7-16/h3-8,10,12H,9H2,1-2H3,(H,20,22). The zero-order chi connectivity index (χ0) is 18.2. The summed E-state index contributed by atoms with van der Waals surface area (Å²) in [6, 6.07) is 13.5. The summed E-state index contributed by atoms with van der Waals surface area (Å²) in [7, 11) is -3.35. The molecule has 0 fully saturated rings. The molecule has 1 aliphatic rings. The number of fused-ring (bicyclic) bond motifs is 1.